The Labute approximate surface area is 189 Å². The third kappa shape index (κ3) is 6.19. The Bertz CT molecular complexity index is 1060. The van der Waals surface area contributed by atoms with E-state index in [2.05, 4.69) is 21.2 Å². The van der Waals surface area contributed by atoms with Crippen molar-refractivity contribution in [3.05, 3.63) is 46.6 Å². The normalized spacial score (nSPS) is 12.0. The van der Waals surface area contributed by atoms with Crippen LogP contribution in [0, 0.1) is 6.92 Å². The van der Waals surface area contributed by atoms with Gasteiger partial charge in [-0.15, -0.1) is 0 Å². The molecule has 1 heterocycles. The van der Waals surface area contributed by atoms with Crippen LogP contribution in [0.1, 0.15) is 25.0 Å². The van der Waals surface area contributed by atoms with Crippen molar-refractivity contribution >= 4 is 50.5 Å². The molecule has 0 aliphatic carbocycles. The van der Waals surface area contributed by atoms with E-state index in [0.717, 1.165) is 11.6 Å². The number of pyridine rings is 1. The molecule has 0 radical (unpaired) electrons. The molecule has 2 aromatic rings. The Morgan fingerprint density at radius 1 is 1.23 bits per heavy atom. The Hall–Kier alpha value is -2.15. The first kappa shape index (κ1) is 25.1. The van der Waals surface area contributed by atoms with E-state index < -0.39 is 21.8 Å². The quantitative estimate of drug-likeness (QED) is 0.387. The summed E-state index contributed by atoms with van der Waals surface area (Å²) in [6.45, 7) is 5.93. The summed E-state index contributed by atoms with van der Waals surface area (Å²) in [4.78, 5) is 3.73. The molecule has 2 rings (SSSR count). The summed E-state index contributed by atoms with van der Waals surface area (Å²) in [5.41, 5.74) is 5.27. The predicted octanol–water partition coefficient (Wildman–Crippen LogP) is 4.41. The van der Waals surface area contributed by atoms with Gasteiger partial charge in [0.15, 0.2) is 10.9 Å². The van der Waals surface area contributed by atoms with Crippen LogP contribution in [-0.4, -0.2) is 35.9 Å². The molecular formula is C18H21ClF3N5O2S2. The molecule has 0 atom stereocenters. The van der Waals surface area contributed by atoms with Gasteiger partial charge in [0, 0.05) is 25.0 Å². The van der Waals surface area contributed by atoms with Crippen molar-refractivity contribution in [1.29, 1.82) is 0 Å². The molecule has 0 aliphatic rings. The summed E-state index contributed by atoms with van der Waals surface area (Å²) in [7, 11) is -3.66. The Balaban J connectivity index is 2.13. The summed E-state index contributed by atoms with van der Waals surface area (Å²) >= 11 is 11.0. The standard InChI is InChI=1S/C18H21ClF3N5O2S2/c1-4-27(5-2)31(28,29)13-7-6-11(3)15(9-13)24-17(30)26-25-16-14(19)8-12(10-23-16)18(20,21)22/h6-10H,4-5H2,1-3H3,(H,23,25)(H2,24,26,30). The molecule has 1 aromatic carbocycles. The first-order chi connectivity index (χ1) is 14.4. The summed E-state index contributed by atoms with van der Waals surface area (Å²) in [5, 5.41) is 2.62. The third-order valence-corrected chi connectivity index (χ3v) is 6.80. The third-order valence-electron chi connectivity index (χ3n) is 4.26. The number of hydrogen-bond donors (Lipinski definition) is 3. The van der Waals surface area contributed by atoms with Gasteiger partial charge < -0.3 is 5.32 Å². The van der Waals surface area contributed by atoms with Crippen molar-refractivity contribution in [1.82, 2.24) is 14.7 Å². The van der Waals surface area contributed by atoms with Crippen LogP contribution in [0.2, 0.25) is 5.02 Å². The topological polar surface area (TPSA) is 86.4 Å². The highest BCUT2D eigenvalue weighted by Gasteiger charge is 2.31. The lowest BCUT2D eigenvalue weighted by Crippen LogP contribution is -2.34. The highest BCUT2D eigenvalue weighted by Crippen LogP contribution is 2.32. The smallest absolute Gasteiger partial charge is 0.331 e. The van der Waals surface area contributed by atoms with Crippen molar-refractivity contribution < 1.29 is 21.6 Å². The largest absolute Gasteiger partial charge is 0.417 e. The van der Waals surface area contributed by atoms with E-state index in [4.69, 9.17) is 23.8 Å². The zero-order valence-electron chi connectivity index (χ0n) is 16.8. The molecule has 0 amide bonds. The molecule has 0 spiro atoms. The van der Waals surface area contributed by atoms with Crippen LogP contribution < -0.4 is 16.2 Å². The fraction of sp³-hybridized carbons (Fsp3) is 0.333. The number of aromatic nitrogens is 1. The van der Waals surface area contributed by atoms with Crippen molar-refractivity contribution in [3.63, 3.8) is 0 Å². The molecule has 0 unspecified atom stereocenters. The van der Waals surface area contributed by atoms with E-state index in [1.807, 2.05) is 0 Å². The van der Waals surface area contributed by atoms with E-state index in [-0.39, 0.29) is 20.8 Å². The average Bonchev–Trinajstić information content (AvgIpc) is 2.68. The molecule has 0 bridgehead atoms. The number of anilines is 2. The summed E-state index contributed by atoms with van der Waals surface area (Å²) in [5.74, 6) is -0.0617. The van der Waals surface area contributed by atoms with Gasteiger partial charge in [-0.05, 0) is 42.9 Å². The maximum absolute atomic E-state index is 12.7. The minimum atomic E-state index is -4.56. The molecule has 0 saturated heterocycles. The van der Waals surface area contributed by atoms with Crippen LogP contribution in [-0.2, 0) is 16.2 Å². The van der Waals surface area contributed by atoms with Crippen LogP contribution in [0.5, 0.6) is 0 Å². The van der Waals surface area contributed by atoms with E-state index in [1.54, 1.807) is 26.8 Å². The second kappa shape index (κ2) is 9.98. The van der Waals surface area contributed by atoms with Crippen LogP contribution in [0.15, 0.2) is 35.4 Å². The molecule has 13 heteroatoms. The zero-order chi connectivity index (χ0) is 23.4. The summed E-state index contributed by atoms with van der Waals surface area (Å²) in [6.07, 6.45) is -3.93. The molecular weight excluding hydrogens is 475 g/mol. The van der Waals surface area contributed by atoms with Crippen LogP contribution in [0.3, 0.4) is 0 Å². The SMILES string of the molecule is CCN(CC)S(=O)(=O)c1ccc(C)c(NC(=S)NNc2ncc(C(F)(F)F)cc2Cl)c1. The number of aryl methyl sites for hydroxylation is 1. The van der Waals surface area contributed by atoms with Gasteiger partial charge in [-0.2, -0.15) is 17.5 Å². The number of rotatable bonds is 7. The molecule has 0 fully saturated rings. The second-order valence-electron chi connectivity index (χ2n) is 6.32. The maximum Gasteiger partial charge on any atom is 0.417 e. The van der Waals surface area contributed by atoms with Gasteiger partial charge in [-0.1, -0.05) is 31.5 Å². The summed E-state index contributed by atoms with van der Waals surface area (Å²) < 4.78 is 64.9. The number of halogens is 4. The number of hydrazine groups is 1. The number of benzene rings is 1. The lowest BCUT2D eigenvalue weighted by Gasteiger charge is -2.20. The van der Waals surface area contributed by atoms with Gasteiger partial charge in [-0.25, -0.2) is 13.4 Å². The van der Waals surface area contributed by atoms with Gasteiger partial charge >= 0.3 is 6.18 Å². The van der Waals surface area contributed by atoms with Crippen molar-refractivity contribution in [2.45, 2.75) is 31.8 Å². The second-order valence-corrected chi connectivity index (χ2v) is 9.08. The van der Waals surface area contributed by atoms with E-state index in [0.29, 0.717) is 25.0 Å². The van der Waals surface area contributed by atoms with Gasteiger partial charge in [0.1, 0.15) is 0 Å². The first-order valence-electron chi connectivity index (χ1n) is 9.06. The number of sulfonamides is 1. The predicted molar refractivity (Wildman–Crippen MR) is 119 cm³/mol. The molecule has 7 nitrogen and oxygen atoms in total. The van der Waals surface area contributed by atoms with Crippen molar-refractivity contribution in [2.24, 2.45) is 0 Å². The minimum absolute atomic E-state index is 0.0262. The molecule has 3 N–H and O–H groups in total. The van der Waals surface area contributed by atoms with Crippen LogP contribution >= 0.6 is 23.8 Å². The summed E-state index contributed by atoms with van der Waals surface area (Å²) in [6, 6.07) is 5.35. The Kier molecular flexibility index (Phi) is 8.09. The lowest BCUT2D eigenvalue weighted by molar-refractivity contribution is -0.137. The molecule has 170 valence electrons. The fourth-order valence-corrected chi connectivity index (χ4v) is 4.42. The first-order valence-corrected chi connectivity index (χ1v) is 11.3. The van der Waals surface area contributed by atoms with E-state index in [9.17, 15) is 21.6 Å². The Morgan fingerprint density at radius 2 is 1.87 bits per heavy atom. The van der Waals surface area contributed by atoms with Crippen molar-refractivity contribution in [3.8, 4) is 0 Å². The Morgan fingerprint density at radius 3 is 2.42 bits per heavy atom. The maximum atomic E-state index is 12.7. The highest BCUT2D eigenvalue weighted by atomic mass is 35.5. The number of alkyl halides is 3. The molecule has 0 saturated carbocycles. The molecule has 0 aliphatic heterocycles. The monoisotopic (exact) mass is 495 g/mol. The lowest BCUT2D eigenvalue weighted by atomic mass is 10.2. The highest BCUT2D eigenvalue weighted by molar-refractivity contribution is 7.89. The number of thiocarbonyl (C=S) groups is 1. The van der Waals surface area contributed by atoms with Gasteiger partial charge in [0.05, 0.1) is 15.5 Å². The van der Waals surface area contributed by atoms with Gasteiger partial charge in [0.25, 0.3) is 0 Å². The van der Waals surface area contributed by atoms with Crippen LogP contribution in [0.4, 0.5) is 24.7 Å². The number of nitrogens with zero attached hydrogens (tertiary/aromatic N) is 2. The van der Waals surface area contributed by atoms with Gasteiger partial charge in [-0.3, -0.25) is 10.9 Å². The molecule has 1 aromatic heterocycles. The van der Waals surface area contributed by atoms with E-state index >= 15 is 0 Å². The minimum Gasteiger partial charge on any atom is -0.331 e. The van der Waals surface area contributed by atoms with Gasteiger partial charge in [0.2, 0.25) is 10.0 Å². The average molecular weight is 496 g/mol. The number of hydrogen-bond acceptors (Lipinski definition) is 5. The van der Waals surface area contributed by atoms with E-state index in [1.165, 1.54) is 16.4 Å². The molecule has 31 heavy (non-hydrogen) atoms. The van der Waals surface area contributed by atoms with Crippen molar-refractivity contribution in [2.75, 3.05) is 23.8 Å². The number of nitrogens with one attached hydrogen (secondary N) is 3. The fourth-order valence-electron chi connectivity index (χ4n) is 2.56. The van der Waals surface area contributed by atoms with Crippen LogP contribution in [0.25, 0.3) is 0 Å². The zero-order valence-corrected chi connectivity index (χ0v) is 19.2.